The fourth-order valence-electron chi connectivity index (χ4n) is 4.16. The summed E-state index contributed by atoms with van der Waals surface area (Å²) in [6, 6.07) is 10.4. The Balaban J connectivity index is 1.46. The van der Waals surface area contributed by atoms with E-state index in [1.807, 2.05) is 18.2 Å². The van der Waals surface area contributed by atoms with Crippen LogP contribution < -0.4 is 19.5 Å². The van der Waals surface area contributed by atoms with Gasteiger partial charge in [0.1, 0.15) is 13.2 Å². The number of rotatable bonds is 6. The molecule has 0 radical (unpaired) electrons. The summed E-state index contributed by atoms with van der Waals surface area (Å²) < 4.78 is 39.3. The molecule has 0 bridgehead atoms. The van der Waals surface area contributed by atoms with Crippen LogP contribution in [0, 0.1) is 0 Å². The largest absolute Gasteiger partial charge is 0.486 e. The van der Waals surface area contributed by atoms with Crippen molar-refractivity contribution in [2.24, 2.45) is 0 Å². The first-order valence-corrected chi connectivity index (χ1v) is 12.3. The Morgan fingerprint density at radius 1 is 1.06 bits per heavy atom. The Morgan fingerprint density at radius 2 is 1.76 bits per heavy atom. The van der Waals surface area contributed by atoms with Crippen LogP contribution in [0.5, 0.6) is 11.5 Å². The fourth-order valence-corrected chi connectivity index (χ4v) is 5.36. The summed E-state index contributed by atoms with van der Waals surface area (Å²) in [4.78, 5) is 26.1. The van der Waals surface area contributed by atoms with E-state index in [0.29, 0.717) is 36.9 Å². The zero-order valence-corrected chi connectivity index (χ0v) is 19.4. The van der Waals surface area contributed by atoms with E-state index in [2.05, 4.69) is 10.0 Å². The predicted octanol–water partition coefficient (Wildman–Crippen LogP) is 2.45. The minimum atomic E-state index is -3.92. The molecule has 0 spiro atoms. The first-order valence-electron chi connectivity index (χ1n) is 10.8. The van der Waals surface area contributed by atoms with Crippen LogP contribution >= 0.6 is 0 Å². The number of hydrogen-bond acceptors (Lipinski definition) is 6. The van der Waals surface area contributed by atoms with Crippen LogP contribution in [0.25, 0.3) is 0 Å². The van der Waals surface area contributed by atoms with Gasteiger partial charge >= 0.3 is 0 Å². The highest BCUT2D eigenvalue weighted by Crippen LogP contribution is 2.38. The minimum absolute atomic E-state index is 0.0149. The van der Waals surface area contributed by atoms with E-state index in [0.717, 1.165) is 18.4 Å². The van der Waals surface area contributed by atoms with E-state index in [-0.39, 0.29) is 22.8 Å². The molecule has 0 saturated carbocycles. The third-order valence-corrected chi connectivity index (χ3v) is 7.23. The van der Waals surface area contributed by atoms with Gasteiger partial charge in [-0.3, -0.25) is 9.59 Å². The number of fused-ring (bicyclic) bond motifs is 1. The zero-order valence-electron chi connectivity index (χ0n) is 18.5. The van der Waals surface area contributed by atoms with Gasteiger partial charge in [0.05, 0.1) is 17.0 Å². The van der Waals surface area contributed by atoms with E-state index in [4.69, 9.17) is 9.47 Å². The first kappa shape index (κ1) is 23.1. The van der Waals surface area contributed by atoms with Crippen LogP contribution in [-0.2, 0) is 19.6 Å². The quantitative estimate of drug-likeness (QED) is 0.666. The molecule has 1 fully saturated rings. The van der Waals surface area contributed by atoms with Gasteiger partial charge in [0, 0.05) is 19.2 Å². The number of anilines is 1. The molecule has 176 valence electrons. The molecule has 1 saturated heterocycles. The topological polar surface area (TPSA) is 114 Å². The highest BCUT2D eigenvalue weighted by atomic mass is 32.2. The lowest BCUT2D eigenvalue weighted by Crippen LogP contribution is -2.46. The van der Waals surface area contributed by atoms with Crippen molar-refractivity contribution in [2.75, 3.05) is 25.1 Å². The number of benzene rings is 2. The smallest absolute Gasteiger partial charge is 0.241 e. The van der Waals surface area contributed by atoms with Crippen LogP contribution in [0.1, 0.15) is 38.3 Å². The summed E-state index contributed by atoms with van der Waals surface area (Å²) in [6.07, 6.45) is 1.62. The van der Waals surface area contributed by atoms with Gasteiger partial charge in [-0.15, -0.1) is 0 Å². The van der Waals surface area contributed by atoms with E-state index < -0.39 is 16.1 Å². The van der Waals surface area contributed by atoms with Crippen LogP contribution in [0.2, 0.25) is 0 Å². The second-order valence-corrected chi connectivity index (χ2v) is 9.86. The molecule has 0 aliphatic carbocycles. The third-order valence-electron chi connectivity index (χ3n) is 5.67. The van der Waals surface area contributed by atoms with Gasteiger partial charge in [0.2, 0.25) is 21.8 Å². The Morgan fingerprint density at radius 3 is 2.45 bits per heavy atom. The van der Waals surface area contributed by atoms with Crippen molar-refractivity contribution < 1.29 is 27.5 Å². The van der Waals surface area contributed by atoms with E-state index >= 15 is 0 Å². The van der Waals surface area contributed by atoms with E-state index in [1.54, 1.807) is 11.8 Å². The zero-order chi connectivity index (χ0) is 23.6. The summed E-state index contributed by atoms with van der Waals surface area (Å²) in [7, 11) is -3.92. The molecule has 0 aromatic heterocycles. The molecule has 1 unspecified atom stereocenters. The highest BCUT2D eigenvalue weighted by Gasteiger charge is 2.34. The first-order chi connectivity index (χ1) is 15.7. The molecule has 2 aliphatic heterocycles. The molecular formula is C23H27N3O6S. The summed E-state index contributed by atoms with van der Waals surface area (Å²) in [6.45, 7) is 4.46. The van der Waals surface area contributed by atoms with Crippen LogP contribution in [0.3, 0.4) is 0 Å². The number of carbonyl (C=O) groups excluding carboxylic acids is 2. The molecule has 2 N–H and O–H groups in total. The Kier molecular flexibility index (Phi) is 6.57. The van der Waals surface area contributed by atoms with Crippen molar-refractivity contribution in [3.63, 3.8) is 0 Å². The lowest BCUT2D eigenvalue weighted by atomic mass is 10.0. The molecule has 2 atom stereocenters. The average Bonchev–Trinajstić information content (AvgIpc) is 3.28. The third kappa shape index (κ3) is 5.12. The molecule has 4 rings (SSSR count). The van der Waals surface area contributed by atoms with Gasteiger partial charge in [-0.25, -0.2) is 8.42 Å². The van der Waals surface area contributed by atoms with Crippen molar-refractivity contribution >= 4 is 27.5 Å². The number of nitrogens with one attached hydrogen (secondary N) is 2. The highest BCUT2D eigenvalue weighted by molar-refractivity contribution is 7.89. The van der Waals surface area contributed by atoms with Gasteiger partial charge in [-0.05, 0) is 61.7 Å². The van der Waals surface area contributed by atoms with Crippen molar-refractivity contribution in [3.05, 3.63) is 48.0 Å². The maximum Gasteiger partial charge on any atom is 0.241 e. The Hall–Kier alpha value is -3.11. The molecule has 10 heteroatoms. The fraction of sp³-hybridized carbons (Fsp3) is 0.391. The van der Waals surface area contributed by atoms with Gasteiger partial charge in [0.25, 0.3) is 0 Å². The average molecular weight is 474 g/mol. The number of carbonyl (C=O) groups is 2. The molecule has 33 heavy (non-hydrogen) atoms. The summed E-state index contributed by atoms with van der Waals surface area (Å²) >= 11 is 0. The number of sulfonamides is 1. The monoisotopic (exact) mass is 473 g/mol. The van der Waals surface area contributed by atoms with E-state index in [9.17, 15) is 18.0 Å². The maximum atomic E-state index is 13.2. The summed E-state index contributed by atoms with van der Waals surface area (Å²) in [5, 5.41) is 2.59. The molecule has 2 amide bonds. The SMILES string of the molecule is CC(=O)Nc1ccc(S(=O)(=O)N[C@@H](C)C(=O)N2CCCC2c2ccc3c(c2)OCCO3)cc1. The predicted molar refractivity (Wildman–Crippen MR) is 122 cm³/mol. The lowest BCUT2D eigenvalue weighted by Gasteiger charge is -2.29. The van der Waals surface area contributed by atoms with Crippen molar-refractivity contribution in [1.82, 2.24) is 9.62 Å². The van der Waals surface area contributed by atoms with Gasteiger partial charge in [-0.2, -0.15) is 4.72 Å². The van der Waals surface area contributed by atoms with Crippen LogP contribution in [-0.4, -0.2) is 50.9 Å². The lowest BCUT2D eigenvalue weighted by molar-refractivity contribution is -0.133. The summed E-state index contributed by atoms with van der Waals surface area (Å²) in [5.74, 6) is 0.813. The number of nitrogens with zero attached hydrogens (tertiary/aromatic N) is 1. The van der Waals surface area contributed by atoms with Crippen LogP contribution in [0.15, 0.2) is 47.4 Å². The number of amides is 2. The van der Waals surface area contributed by atoms with Crippen molar-refractivity contribution in [2.45, 2.75) is 43.7 Å². The Labute approximate surface area is 193 Å². The molecule has 2 aliphatic rings. The molecule has 2 aromatic carbocycles. The van der Waals surface area contributed by atoms with Crippen LogP contribution in [0.4, 0.5) is 5.69 Å². The molecule has 9 nitrogen and oxygen atoms in total. The van der Waals surface area contributed by atoms with E-state index in [1.165, 1.54) is 31.2 Å². The summed E-state index contributed by atoms with van der Waals surface area (Å²) in [5.41, 5.74) is 1.43. The number of ether oxygens (including phenoxy) is 2. The van der Waals surface area contributed by atoms with Gasteiger partial charge in [-0.1, -0.05) is 6.07 Å². The van der Waals surface area contributed by atoms with Gasteiger partial charge in [0.15, 0.2) is 11.5 Å². The van der Waals surface area contributed by atoms with Crippen molar-refractivity contribution in [3.8, 4) is 11.5 Å². The molecule has 2 aromatic rings. The number of hydrogen-bond donors (Lipinski definition) is 2. The second-order valence-electron chi connectivity index (χ2n) is 8.14. The molecule has 2 heterocycles. The van der Waals surface area contributed by atoms with Gasteiger partial charge < -0.3 is 19.7 Å². The minimum Gasteiger partial charge on any atom is -0.486 e. The standard InChI is InChI=1S/C23H27N3O6S/c1-15(25-33(29,30)19-8-6-18(7-9-19)24-16(2)27)23(28)26-11-3-4-20(26)17-5-10-21-22(14-17)32-13-12-31-21/h5-10,14-15,20,25H,3-4,11-13H2,1-2H3,(H,24,27)/t15-,20?/m0/s1. The molecular weight excluding hydrogens is 446 g/mol. The Bertz CT molecular complexity index is 1150. The second kappa shape index (κ2) is 9.40. The number of likely N-dealkylation sites (tertiary alicyclic amines) is 1. The maximum absolute atomic E-state index is 13.2. The normalized spacial score (nSPS) is 18.6. The van der Waals surface area contributed by atoms with Crippen molar-refractivity contribution in [1.29, 1.82) is 0 Å².